The van der Waals surface area contributed by atoms with Crippen molar-refractivity contribution in [2.75, 3.05) is 25.5 Å². The Bertz CT molecular complexity index is 317. The number of β-amino-alcohol motifs (C(OH)–C–C–N with tert-alkyl or cyclic N) is 1. The van der Waals surface area contributed by atoms with E-state index in [0.29, 0.717) is 0 Å². The summed E-state index contributed by atoms with van der Waals surface area (Å²) in [6, 6.07) is 0. The van der Waals surface area contributed by atoms with E-state index in [1.807, 2.05) is 7.05 Å². The number of nitrogens with zero attached hydrogens (tertiary/aromatic N) is 3. The third-order valence-corrected chi connectivity index (χ3v) is 3.42. The standard InChI is InChI=1S/C9H16N4OS/c1-10-9-8(11-12-15-9)6-13-4-2-3-7(14)5-13/h7,10,14H,2-6H2,1H3. The van der Waals surface area contributed by atoms with Crippen LogP contribution in [0.2, 0.25) is 0 Å². The molecule has 5 nitrogen and oxygen atoms in total. The molecule has 6 heteroatoms. The van der Waals surface area contributed by atoms with Crippen molar-refractivity contribution < 1.29 is 5.11 Å². The van der Waals surface area contributed by atoms with Gasteiger partial charge in [0.15, 0.2) is 0 Å². The predicted octanol–water partition coefficient (Wildman–Crippen LogP) is 0.536. The first-order valence-corrected chi connectivity index (χ1v) is 5.96. The molecule has 0 spiro atoms. The summed E-state index contributed by atoms with van der Waals surface area (Å²) in [5.41, 5.74) is 0.983. The lowest BCUT2D eigenvalue weighted by molar-refractivity contribution is 0.0663. The summed E-state index contributed by atoms with van der Waals surface area (Å²) in [4.78, 5) is 2.23. The highest BCUT2D eigenvalue weighted by Crippen LogP contribution is 2.20. The number of aromatic nitrogens is 2. The van der Waals surface area contributed by atoms with Crippen molar-refractivity contribution in [3.63, 3.8) is 0 Å². The van der Waals surface area contributed by atoms with Gasteiger partial charge in [0.1, 0.15) is 10.7 Å². The molecule has 2 heterocycles. The van der Waals surface area contributed by atoms with Crippen LogP contribution < -0.4 is 5.32 Å². The lowest BCUT2D eigenvalue weighted by Crippen LogP contribution is -2.37. The molecular weight excluding hydrogens is 212 g/mol. The highest BCUT2D eigenvalue weighted by Gasteiger charge is 2.19. The molecule has 0 aromatic carbocycles. The van der Waals surface area contributed by atoms with Gasteiger partial charge < -0.3 is 10.4 Å². The maximum absolute atomic E-state index is 9.54. The average molecular weight is 228 g/mol. The van der Waals surface area contributed by atoms with Gasteiger partial charge in [-0.2, -0.15) is 0 Å². The largest absolute Gasteiger partial charge is 0.392 e. The van der Waals surface area contributed by atoms with Crippen LogP contribution in [-0.2, 0) is 6.54 Å². The van der Waals surface area contributed by atoms with Gasteiger partial charge in [0.2, 0.25) is 0 Å². The monoisotopic (exact) mass is 228 g/mol. The second kappa shape index (κ2) is 4.87. The van der Waals surface area contributed by atoms with E-state index in [2.05, 4.69) is 19.8 Å². The van der Waals surface area contributed by atoms with E-state index in [1.165, 1.54) is 11.5 Å². The SMILES string of the molecule is CNc1snnc1CN1CCCC(O)C1. The Kier molecular flexibility index (Phi) is 3.50. The summed E-state index contributed by atoms with van der Waals surface area (Å²) in [6.45, 7) is 2.57. The van der Waals surface area contributed by atoms with Gasteiger partial charge in [0.25, 0.3) is 0 Å². The molecule has 1 saturated heterocycles. The molecule has 1 aromatic heterocycles. The van der Waals surface area contributed by atoms with Crippen LogP contribution in [-0.4, -0.2) is 45.8 Å². The van der Waals surface area contributed by atoms with E-state index in [0.717, 1.165) is 43.2 Å². The van der Waals surface area contributed by atoms with Gasteiger partial charge >= 0.3 is 0 Å². The fourth-order valence-corrected chi connectivity index (χ4v) is 2.41. The smallest absolute Gasteiger partial charge is 0.134 e. The molecule has 0 radical (unpaired) electrons. The van der Waals surface area contributed by atoms with E-state index < -0.39 is 0 Å². The van der Waals surface area contributed by atoms with Crippen LogP contribution in [0.3, 0.4) is 0 Å². The molecular formula is C9H16N4OS. The van der Waals surface area contributed by atoms with Crippen LogP contribution in [0.1, 0.15) is 18.5 Å². The minimum atomic E-state index is -0.177. The van der Waals surface area contributed by atoms with Crippen molar-refractivity contribution in [2.45, 2.75) is 25.5 Å². The summed E-state index contributed by atoms with van der Waals surface area (Å²) in [7, 11) is 1.88. The van der Waals surface area contributed by atoms with Gasteiger partial charge in [0, 0.05) is 31.7 Å². The van der Waals surface area contributed by atoms with Crippen molar-refractivity contribution in [2.24, 2.45) is 0 Å². The summed E-state index contributed by atoms with van der Waals surface area (Å²) in [5, 5.41) is 17.7. The van der Waals surface area contributed by atoms with Crippen LogP contribution in [0.4, 0.5) is 5.00 Å². The first-order valence-electron chi connectivity index (χ1n) is 5.19. The number of anilines is 1. The Hall–Kier alpha value is -0.720. The summed E-state index contributed by atoms with van der Waals surface area (Å²) in [6.07, 6.45) is 1.81. The zero-order valence-electron chi connectivity index (χ0n) is 8.81. The molecule has 84 valence electrons. The molecule has 2 rings (SSSR count). The van der Waals surface area contributed by atoms with Crippen LogP contribution in [0, 0.1) is 0 Å². The third-order valence-electron chi connectivity index (χ3n) is 2.64. The number of rotatable bonds is 3. The zero-order chi connectivity index (χ0) is 10.7. The molecule has 15 heavy (non-hydrogen) atoms. The number of hydrogen-bond donors (Lipinski definition) is 2. The molecule has 1 aliphatic rings. The zero-order valence-corrected chi connectivity index (χ0v) is 9.63. The Morgan fingerprint density at radius 1 is 1.67 bits per heavy atom. The predicted molar refractivity (Wildman–Crippen MR) is 60.0 cm³/mol. The Morgan fingerprint density at radius 3 is 3.27 bits per heavy atom. The molecule has 1 aromatic rings. The van der Waals surface area contributed by atoms with E-state index >= 15 is 0 Å². The Morgan fingerprint density at radius 2 is 2.53 bits per heavy atom. The highest BCUT2D eigenvalue weighted by molar-refractivity contribution is 7.10. The Labute approximate surface area is 93.3 Å². The van der Waals surface area contributed by atoms with Gasteiger partial charge in [0.05, 0.1) is 6.10 Å². The molecule has 0 bridgehead atoms. The van der Waals surface area contributed by atoms with Crippen LogP contribution in [0.5, 0.6) is 0 Å². The molecule has 2 N–H and O–H groups in total. The van der Waals surface area contributed by atoms with Crippen LogP contribution in [0.25, 0.3) is 0 Å². The van der Waals surface area contributed by atoms with Crippen LogP contribution in [0.15, 0.2) is 0 Å². The molecule has 1 atom stereocenters. The van der Waals surface area contributed by atoms with Crippen molar-refractivity contribution in [3.05, 3.63) is 5.69 Å². The highest BCUT2D eigenvalue weighted by atomic mass is 32.1. The molecule has 0 aliphatic carbocycles. The van der Waals surface area contributed by atoms with Gasteiger partial charge in [-0.15, -0.1) is 5.10 Å². The van der Waals surface area contributed by atoms with E-state index in [4.69, 9.17) is 0 Å². The van der Waals surface area contributed by atoms with E-state index in [1.54, 1.807) is 0 Å². The summed E-state index contributed by atoms with van der Waals surface area (Å²) < 4.78 is 3.92. The Balaban J connectivity index is 1.96. The van der Waals surface area contributed by atoms with Gasteiger partial charge in [-0.25, -0.2) is 0 Å². The van der Waals surface area contributed by atoms with Crippen molar-refractivity contribution in [1.82, 2.24) is 14.5 Å². The second-order valence-electron chi connectivity index (χ2n) is 3.83. The maximum Gasteiger partial charge on any atom is 0.134 e. The fourth-order valence-electron chi connectivity index (χ4n) is 1.89. The van der Waals surface area contributed by atoms with Crippen molar-refractivity contribution in [1.29, 1.82) is 0 Å². The lowest BCUT2D eigenvalue weighted by Gasteiger charge is -2.29. The third kappa shape index (κ3) is 2.64. The number of aliphatic hydroxyl groups excluding tert-OH is 1. The van der Waals surface area contributed by atoms with Gasteiger partial charge in [-0.3, -0.25) is 4.90 Å². The number of piperidine rings is 1. The normalized spacial score (nSPS) is 22.9. The number of nitrogens with one attached hydrogen (secondary N) is 1. The number of hydrogen-bond acceptors (Lipinski definition) is 6. The first kappa shape index (κ1) is 10.8. The number of likely N-dealkylation sites (tertiary alicyclic amines) is 1. The van der Waals surface area contributed by atoms with Gasteiger partial charge in [-0.1, -0.05) is 4.49 Å². The molecule has 1 fully saturated rings. The minimum absolute atomic E-state index is 0.177. The minimum Gasteiger partial charge on any atom is -0.392 e. The van der Waals surface area contributed by atoms with Gasteiger partial charge in [-0.05, 0) is 19.4 Å². The summed E-state index contributed by atoms with van der Waals surface area (Å²) in [5.74, 6) is 0. The molecule has 1 unspecified atom stereocenters. The maximum atomic E-state index is 9.54. The lowest BCUT2D eigenvalue weighted by atomic mass is 10.1. The second-order valence-corrected chi connectivity index (χ2v) is 4.58. The average Bonchev–Trinajstić information content (AvgIpc) is 2.65. The topological polar surface area (TPSA) is 61.3 Å². The number of aliphatic hydroxyl groups is 1. The van der Waals surface area contributed by atoms with Crippen LogP contribution >= 0.6 is 11.5 Å². The van der Waals surface area contributed by atoms with Crippen molar-refractivity contribution >= 4 is 16.5 Å². The van der Waals surface area contributed by atoms with E-state index in [9.17, 15) is 5.11 Å². The summed E-state index contributed by atoms with van der Waals surface area (Å²) >= 11 is 1.38. The fraction of sp³-hybridized carbons (Fsp3) is 0.778. The molecule has 0 amide bonds. The quantitative estimate of drug-likeness (QED) is 0.790. The molecule has 0 saturated carbocycles. The van der Waals surface area contributed by atoms with Crippen molar-refractivity contribution in [3.8, 4) is 0 Å². The van der Waals surface area contributed by atoms with E-state index in [-0.39, 0.29) is 6.10 Å². The molecule has 1 aliphatic heterocycles. The first-order chi connectivity index (χ1) is 7.29.